The Labute approximate surface area is 77.6 Å². The van der Waals surface area contributed by atoms with Crippen LogP contribution in [0.1, 0.15) is 5.56 Å². The second kappa shape index (κ2) is 3.76. The van der Waals surface area contributed by atoms with Gasteiger partial charge < -0.3 is 10.5 Å². The van der Waals surface area contributed by atoms with E-state index in [4.69, 9.17) is 10.5 Å². The molecule has 0 heterocycles. The van der Waals surface area contributed by atoms with Gasteiger partial charge in [0, 0.05) is 11.3 Å². The lowest BCUT2D eigenvalue weighted by Crippen LogP contribution is -1.90. The normalized spacial score (nSPS) is 9.31. The van der Waals surface area contributed by atoms with E-state index >= 15 is 0 Å². The lowest BCUT2D eigenvalue weighted by Gasteiger charge is -2.07. The fourth-order valence-electron chi connectivity index (χ4n) is 1.02. The van der Waals surface area contributed by atoms with E-state index in [1.807, 2.05) is 0 Å². The summed E-state index contributed by atoms with van der Waals surface area (Å²) in [6.45, 7) is 7.18. The van der Waals surface area contributed by atoms with E-state index < -0.39 is 0 Å². The molecule has 0 saturated carbocycles. The Bertz CT molecular complexity index is 345. The standard InChI is InChI=1S/C10H12N2O/c1-7(13-3)9-6-8(11)4-5-10(9)12-2/h4-6H,1-2,11H2,3H3. The van der Waals surface area contributed by atoms with Gasteiger partial charge in [-0.3, -0.25) is 4.99 Å². The maximum atomic E-state index is 5.62. The SMILES string of the molecule is C=Nc1ccc(N)cc1C(=C)OC. The minimum atomic E-state index is 0.537. The van der Waals surface area contributed by atoms with Crippen LogP contribution in [0.15, 0.2) is 29.8 Å². The highest BCUT2D eigenvalue weighted by atomic mass is 16.5. The number of ether oxygens (including phenoxy) is 1. The Morgan fingerprint density at radius 3 is 2.77 bits per heavy atom. The molecule has 0 bridgehead atoms. The summed E-state index contributed by atoms with van der Waals surface area (Å²) in [5.41, 5.74) is 7.77. The zero-order chi connectivity index (χ0) is 9.84. The topological polar surface area (TPSA) is 47.6 Å². The number of nitrogens with zero attached hydrogens (tertiary/aromatic N) is 1. The third-order valence-electron chi connectivity index (χ3n) is 1.74. The molecule has 0 unspecified atom stereocenters. The second-order valence-corrected chi connectivity index (χ2v) is 2.56. The van der Waals surface area contributed by atoms with Crippen molar-refractivity contribution >= 4 is 23.9 Å². The summed E-state index contributed by atoms with van der Waals surface area (Å²) < 4.78 is 5.00. The number of hydrogen-bond donors (Lipinski definition) is 1. The number of aliphatic imine (C=N–C) groups is 1. The summed E-state index contributed by atoms with van der Waals surface area (Å²) in [4.78, 5) is 3.83. The molecular formula is C10H12N2O. The molecule has 2 N–H and O–H groups in total. The number of nitrogen functional groups attached to an aromatic ring is 1. The van der Waals surface area contributed by atoms with Crippen molar-refractivity contribution in [3.63, 3.8) is 0 Å². The monoisotopic (exact) mass is 176 g/mol. The van der Waals surface area contributed by atoms with Crippen molar-refractivity contribution in [3.05, 3.63) is 30.3 Å². The molecular weight excluding hydrogens is 164 g/mol. The first kappa shape index (κ1) is 9.32. The number of nitrogens with two attached hydrogens (primary N) is 1. The first-order chi connectivity index (χ1) is 6.19. The molecule has 1 aromatic carbocycles. The van der Waals surface area contributed by atoms with Gasteiger partial charge in [-0.1, -0.05) is 6.58 Å². The largest absolute Gasteiger partial charge is 0.497 e. The van der Waals surface area contributed by atoms with Gasteiger partial charge in [-0.05, 0) is 24.9 Å². The van der Waals surface area contributed by atoms with Gasteiger partial charge in [-0.15, -0.1) is 0 Å². The average molecular weight is 176 g/mol. The molecule has 0 aliphatic carbocycles. The molecule has 0 saturated heterocycles. The molecule has 3 nitrogen and oxygen atoms in total. The smallest absolute Gasteiger partial charge is 0.121 e. The van der Waals surface area contributed by atoms with Crippen molar-refractivity contribution in [2.24, 2.45) is 4.99 Å². The number of benzene rings is 1. The molecule has 68 valence electrons. The number of methoxy groups -OCH3 is 1. The second-order valence-electron chi connectivity index (χ2n) is 2.56. The van der Waals surface area contributed by atoms with Crippen LogP contribution in [0.25, 0.3) is 5.76 Å². The fourth-order valence-corrected chi connectivity index (χ4v) is 1.02. The Morgan fingerprint density at radius 1 is 1.54 bits per heavy atom. The molecule has 0 aromatic heterocycles. The number of hydrogen-bond acceptors (Lipinski definition) is 3. The minimum absolute atomic E-state index is 0.537. The molecule has 1 rings (SSSR count). The molecule has 0 aliphatic rings. The highest BCUT2D eigenvalue weighted by molar-refractivity contribution is 5.73. The van der Waals surface area contributed by atoms with Gasteiger partial charge in [-0.2, -0.15) is 0 Å². The van der Waals surface area contributed by atoms with Crippen LogP contribution in [-0.4, -0.2) is 13.8 Å². The van der Waals surface area contributed by atoms with E-state index in [9.17, 15) is 0 Å². The van der Waals surface area contributed by atoms with E-state index in [1.165, 1.54) is 0 Å². The first-order valence-corrected chi connectivity index (χ1v) is 3.78. The quantitative estimate of drug-likeness (QED) is 0.436. The van der Waals surface area contributed by atoms with E-state index in [0.29, 0.717) is 11.4 Å². The minimum Gasteiger partial charge on any atom is -0.497 e. The van der Waals surface area contributed by atoms with E-state index in [0.717, 1.165) is 11.3 Å². The third-order valence-corrected chi connectivity index (χ3v) is 1.74. The van der Waals surface area contributed by atoms with Crippen molar-refractivity contribution in [1.82, 2.24) is 0 Å². The predicted molar refractivity (Wildman–Crippen MR) is 56.1 cm³/mol. The van der Waals surface area contributed by atoms with Crippen molar-refractivity contribution in [1.29, 1.82) is 0 Å². The van der Waals surface area contributed by atoms with Gasteiger partial charge in [0.2, 0.25) is 0 Å². The van der Waals surface area contributed by atoms with E-state index in [2.05, 4.69) is 18.3 Å². The maximum absolute atomic E-state index is 5.62. The Kier molecular flexibility index (Phi) is 2.69. The fraction of sp³-hybridized carbons (Fsp3) is 0.100. The summed E-state index contributed by atoms with van der Waals surface area (Å²) >= 11 is 0. The van der Waals surface area contributed by atoms with Crippen molar-refractivity contribution in [2.45, 2.75) is 0 Å². The van der Waals surface area contributed by atoms with Crippen LogP contribution in [0.3, 0.4) is 0 Å². The number of anilines is 1. The molecule has 0 aliphatic heterocycles. The van der Waals surface area contributed by atoms with Crippen molar-refractivity contribution in [3.8, 4) is 0 Å². The van der Waals surface area contributed by atoms with Gasteiger partial charge in [0.05, 0.1) is 12.8 Å². The van der Waals surface area contributed by atoms with Crippen LogP contribution >= 0.6 is 0 Å². The van der Waals surface area contributed by atoms with Crippen LogP contribution in [0.2, 0.25) is 0 Å². The zero-order valence-corrected chi connectivity index (χ0v) is 7.58. The van der Waals surface area contributed by atoms with Crippen LogP contribution < -0.4 is 5.73 Å². The third kappa shape index (κ3) is 1.87. The summed E-state index contributed by atoms with van der Waals surface area (Å²) in [6, 6.07) is 5.30. The van der Waals surface area contributed by atoms with Crippen LogP contribution in [0, 0.1) is 0 Å². The molecule has 0 radical (unpaired) electrons. The molecule has 0 atom stereocenters. The highest BCUT2D eigenvalue weighted by Gasteiger charge is 2.04. The van der Waals surface area contributed by atoms with Gasteiger partial charge in [0.1, 0.15) is 5.76 Å². The summed E-state index contributed by atoms with van der Waals surface area (Å²) in [5, 5.41) is 0. The van der Waals surface area contributed by atoms with Crippen molar-refractivity contribution in [2.75, 3.05) is 12.8 Å². The zero-order valence-electron chi connectivity index (χ0n) is 7.58. The molecule has 0 spiro atoms. The summed E-state index contributed by atoms with van der Waals surface area (Å²) in [5.74, 6) is 0.537. The number of rotatable bonds is 3. The Balaban J connectivity index is 3.23. The first-order valence-electron chi connectivity index (χ1n) is 3.78. The van der Waals surface area contributed by atoms with Crippen molar-refractivity contribution < 1.29 is 4.74 Å². The predicted octanol–water partition coefficient (Wildman–Crippen LogP) is 2.22. The van der Waals surface area contributed by atoms with Crippen LogP contribution in [0.5, 0.6) is 0 Å². The van der Waals surface area contributed by atoms with E-state index in [-0.39, 0.29) is 0 Å². The molecule has 0 amide bonds. The Hall–Kier alpha value is -1.77. The van der Waals surface area contributed by atoms with Gasteiger partial charge in [0.15, 0.2) is 0 Å². The summed E-state index contributed by atoms with van der Waals surface area (Å²) in [7, 11) is 1.55. The molecule has 0 fully saturated rings. The average Bonchev–Trinajstić information content (AvgIpc) is 2.16. The van der Waals surface area contributed by atoms with Gasteiger partial charge in [0.25, 0.3) is 0 Å². The summed E-state index contributed by atoms with van der Waals surface area (Å²) in [6.07, 6.45) is 0. The maximum Gasteiger partial charge on any atom is 0.121 e. The molecule has 3 heteroatoms. The van der Waals surface area contributed by atoms with Gasteiger partial charge in [-0.25, -0.2) is 0 Å². The highest BCUT2D eigenvalue weighted by Crippen LogP contribution is 2.27. The molecule has 1 aromatic rings. The van der Waals surface area contributed by atoms with E-state index in [1.54, 1.807) is 25.3 Å². The van der Waals surface area contributed by atoms with Gasteiger partial charge >= 0.3 is 0 Å². The Morgan fingerprint density at radius 2 is 2.23 bits per heavy atom. The van der Waals surface area contributed by atoms with Crippen LogP contribution in [-0.2, 0) is 4.74 Å². The molecule has 13 heavy (non-hydrogen) atoms. The lowest BCUT2D eigenvalue weighted by molar-refractivity contribution is 0.371. The lowest BCUT2D eigenvalue weighted by atomic mass is 10.1. The van der Waals surface area contributed by atoms with Crippen LogP contribution in [0.4, 0.5) is 11.4 Å².